The number of nitrogens with zero attached hydrogens (tertiary/aromatic N) is 3. The molecule has 2 N–H and O–H groups in total. The molecular weight excluding hydrogens is 326 g/mol. The van der Waals surface area contributed by atoms with E-state index in [1.807, 2.05) is 24.3 Å². The number of nitrogens with one attached hydrogen (secondary N) is 2. The lowest BCUT2D eigenvalue weighted by Crippen LogP contribution is -2.37. The van der Waals surface area contributed by atoms with Gasteiger partial charge >= 0.3 is 0 Å². The Bertz CT molecular complexity index is 709. The van der Waals surface area contributed by atoms with E-state index in [0.717, 1.165) is 43.6 Å². The molecule has 1 unspecified atom stereocenters. The largest absolute Gasteiger partial charge is 0.349 e. The molecule has 1 amide bonds. The average Bonchev–Trinajstić information content (AvgIpc) is 3.23. The summed E-state index contributed by atoms with van der Waals surface area (Å²) in [5.74, 6) is -0.166. The molecule has 3 rings (SSSR count). The Kier molecular flexibility index (Phi) is 5.48. The lowest BCUT2D eigenvalue weighted by atomic mass is 10.1. The van der Waals surface area contributed by atoms with Crippen molar-refractivity contribution in [1.82, 2.24) is 25.6 Å². The zero-order valence-electron chi connectivity index (χ0n) is 13.8. The lowest BCUT2D eigenvalue weighted by Gasteiger charge is -2.11. The van der Waals surface area contributed by atoms with E-state index in [-0.39, 0.29) is 5.91 Å². The molecule has 24 heavy (non-hydrogen) atoms. The maximum absolute atomic E-state index is 12.5. The first-order valence-electron chi connectivity index (χ1n) is 8.41. The topological polar surface area (TPSA) is 71.8 Å². The smallest absolute Gasteiger partial charge is 0.273 e. The van der Waals surface area contributed by atoms with Crippen LogP contribution in [0.3, 0.4) is 0 Å². The van der Waals surface area contributed by atoms with Crippen molar-refractivity contribution in [1.29, 1.82) is 0 Å². The lowest BCUT2D eigenvalue weighted by molar-refractivity contribution is 0.0944. The molecule has 2 heterocycles. The minimum absolute atomic E-state index is 0.166. The van der Waals surface area contributed by atoms with Crippen molar-refractivity contribution in [2.24, 2.45) is 0 Å². The van der Waals surface area contributed by atoms with Crippen molar-refractivity contribution in [2.75, 3.05) is 13.1 Å². The summed E-state index contributed by atoms with van der Waals surface area (Å²) in [4.78, 5) is 12.5. The molecule has 128 valence electrons. The first-order valence-corrected chi connectivity index (χ1v) is 8.79. The molecule has 1 aromatic heterocycles. The van der Waals surface area contributed by atoms with E-state index in [1.165, 1.54) is 0 Å². The van der Waals surface area contributed by atoms with Crippen LogP contribution < -0.4 is 10.6 Å². The SMILES string of the molecule is CCCc1c(C(=O)NCC2CCCN2)nnn1-c1cccc(Cl)c1. The van der Waals surface area contributed by atoms with Gasteiger partial charge in [0.2, 0.25) is 0 Å². The first-order chi connectivity index (χ1) is 11.7. The summed E-state index contributed by atoms with van der Waals surface area (Å²) >= 11 is 6.07. The van der Waals surface area contributed by atoms with Crippen LogP contribution in [0.15, 0.2) is 24.3 Å². The van der Waals surface area contributed by atoms with E-state index in [4.69, 9.17) is 11.6 Å². The fourth-order valence-corrected chi connectivity index (χ4v) is 3.17. The van der Waals surface area contributed by atoms with E-state index >= 15 is 0 Å². The highest BCUT2D eigenvalue weighted by molar-refractivity contribution is 6.30. The number of carbonyl (C=O) groups is 1. The number of aromatic nitrogens is 3. The predicted molar refractivity (Wildman–Crippen MR) is 93.7 cm³/mol. The third-order valence-electron chi connectivity index (χ3n) is 4.19. The van der Waals surface area contributed by atoms with Crippen LogP contribution in [-0.4, -0.2) is 40.0 Å². The second-order valence-corrected chi connectivity index (χ2v) is 6.47. The van der Waals surface area contributed by atoms with Crippen molar-refractivity contribution in [2.45, 2.75) is 38.6 Å². The van der Waals surface area contributed by atoms with Gasteiger partial charge in [0.05, 0.1) is 11.4 Å². The molecule has 0 aliphatic carbocycles. The molecule has 1 fully saturated rings. The Morgan fingerprint density at radius 3 is 3.08 bits per heavy atom. The summed E-state index contributed by atoms with van der Waals surface area (Å²) < 4.78 is 1.71. The van der Waals surface area contributed by atoms with Gasteiger partial charge in [-0.3, -0.25) is 4.79 Å². The number of hydrogen-bond acceptors (Lipinski definition) is 4. The Morgan fingerprint density at radius 1 is 1.50 bits per heavy atom. The van der Waals surface area contributed by atoms with Gasteiger partial charge in [0, 0.05) is 17.6 Å². The monoisotopic (exact) mass is 347 g/mol. The molecule has 2 aromatic rings. The second kappa shape index (κ2) is 7.77. The van der Waals surface area contributed by atoms with Gasteiger partial charge in [0.25, 0.3) is 5.91 Å². The summed E-state index contributed by atoms with van der Waals surface area (Å²) in [6.45, 7) is 3.71. The molecule has 0 spiro atoms. The fraction of sp³-hybridized carbons (Fsp3) is 0.471. The second-order valence-electron chi connectivity index (χ2n) is 6.03. The Labute approximate surface area is 146 Å². The van der Waals surface area contributed by atoms with Crippen LogP contribution >= 0.6 is 11.6 Å². The quantitative estimate of drug-likeness (QED) is 0.841. The summed E-state index contributed by atoms with van der Waals surface area (Å²) in [7, 11) is 0. The van der Waals surface area contributed by atoms with Gasteiger partial charge in [-0.1, -0.05) is 36.2 Å². The molecular formula is C17H22ClN5O. The molecule has 1 atom stereocenters. The predicted octanol–water partition coefficient (Wildman–Crippen LogP) is 2.36. The maximum Gasteiger partial charge on any atom is 0.273 e. The van der Waals surface area contributed by atoms with Crippen molar-refractivity contribution in [3.05, 3.63) is 40.7 Å². The van der Waals surface area contributed by atoms with Crippen molar-refractivity contribution in [3.63, 3.8) is 0 Å². The van der Waals surface area contributed by atoms with Crippen LogP contribution in [0.2, 0.25) is 5.02 Å². The van der Waals surface area contributed by atoms with Crippen LogP contribution in [0.4, 0.5) is 0 Å². The molecule has 0 saturated carbocycles. The highest BCUT2D eigenvalue weighted by atomic mass is 35.5. The van der Waals surface area contributed by atoms with Gasteiger partial charge in [-0.05, 0) is 44.0 Å². The molecule has 1 aliphatic heterocycles. The third-order valence-corrected chi connectivity index (χ3v) is 4.42. The number of halogens is 1. The Morgan fingerprint density at radius 2 is 2.38 bits per heavy atom. The van der Waals surface area contributed by atoms with Crippen molar-refractivity contribution < 1.29 is 4.79 Å². The highest BCUT2D eigenvalue weighted by Crippen LogP contribution is 2.18. The maximum atomic E-state index is 12.5. The fourth-order valence-electron chi connectivity index (χ4n) is 2.98. The number of benzene rings is 1. The van der Waals surface area contributed by atoms with Gasteiger partial charge in [-0.25, -0.2) is 4.68 Å². The summed E-state index contributed by atoms with van der Waals surface area (Å²) in [5.41, 5.74) is 2.03. The normalized spacial score (nSPS) is 17.2. The summed E-state index contributed by atoms with van der Waals surface area (Å²) in [6.07, 6.45) is 3.88. The molecule has 0 radical (unpaired) electrons. The van der Waals surface area contributed by atoms with Crippen molar-refractivity contribution >= 4 is 17.5 Å². The van der Waals surface area contributed by atoms with Gasteiger partial charge in [0.1, 0.15) is 0 Å². The minimum atomic E-state index is -0.166. The van der Waals surface area contributed by atoms with Crippen molar-refractivity contribution in [3.8, 4) is 5.69 Å². The van der Waals surface area contributed by atoms with Gasteiger partial charge < -0.3 is 10.6 Å². The van der Waals surface area contributed by atoms with Gasteiger partial charge in [-0.15, -0.1) is 5.10 Å². The van der Waals surface area contributed by atoms with Gasteiger partial charge in [-0.2, -0.15) is 0 Å². The van der Waals surface area contributed by atoms with Crippen LogP contribution in [0, 0.1) is 0 Å². The Balaban J connectivity index is 1.81. The Hall–Kier alpha value is -1.92. The number of rotatable bonds is 6. The third kappa shape index (κ3) is 3.76. The van der Waals surface area contributed by atoms with E-state index in [2.05, 4.69) is 27.9 Å². The van der Waals surface area contributed by atoms with E-state index in [1.54, 1.807) is 4.68 Å². The molecule has 7 heteroatoms. The van der Waals surface area contributed by atoms with Crippen LogP contribution in [0.5, 0.6) is 0 Å². The number of amides is 1. The van der Waals surface area contributed by atoms with E-state index < -0.39 is 0 Å². The van der Waals surface area contributed by atoms with E-state index in [0.29, 0.717) is 23.3 Å². The molecule has 1 aromatic carbocycles. The van der Waals surface area contributed by atoms with Crippen LogP contribution in [0.25, 0.3) is 5.69 Å². The average molecular weight is 348 g/mol. The molecule has 1 saturated heterocycles. The zero-order chi connectivity index (χ0) is 16.9. The van der Waals surface area contributed by atoms with E-state index in [9.17, 15) is 4.79 Å². The summed E-state index contributed by atoms with van der Waals surface area (Å²) in [6, 6.07) is 7.75. The molecule has 6 nitrogen and oxygen atoms in total. The standard InChI is InChI=1S/C17H22ClN5O/c1-2-5-15-16(17(24)20-11-13-7-4-9-19-13)21-22-23(15)14-8-3-6-12(18)10-14/h3,6,8,10,13,19H,2,4-5,7,9,11H2,1H3,(H,20,24). The number of carbonyl (C=O) groups excluding carboxylic acids is 1. The van der Waals surface area contributed by atoms with Crippen LogP contribution in [-0.2, 0) is 6.42 Å². The van der Waals surface area contributed by atoms with Gasteiger partial charge in [0.15, 0.2) is 5.69 Å². The first kappa shape index (κ1) is 16.9. The molecule has 1 aliphatic rings. The molecule has 0 bridgehead atoms. The highest BCUT2D eigenvalue weighted by Gasteiger charge is 2.21. The number of hydrogen-bond donors (Lipinski definition) is 2. The minimum Gasteiger partial charge on any atom is -0.349 e. The van der Waals surface area contributed by atoms with Crippen LogP contribution in [0.1, 0.15) is 42.4 Å². The summed E-state index contributed by atoms with van der Waals surface area (Å²) in [5, 5.41) is 15.3. The zero-order valence-corrected chi connectivity index (χ0v) is 14.5.